The molecule has 4 nitrogen and oxygen atoms in total. The number of urea groups is 1. The van der Waals surface area contributed by atoms with Gasteiger partial charge < -0.3 is 15.5 Å². The molecule has 0 bridgehead atoms. The van der Waals surface area contributed by atoms with Gasteiger partial charge in [-0.1, -0.05) is 6.92 Å². The van der Waals surface area contributed by atoms with Crippen LogP contribution < -0.4 is 5.73 Å². The Morgan fingerprint density at radius 1 is 1.18 bits per heavy atom. The molecule has 2 heterocycles. The highest BCUT2D eigenvalue weighted by Gasteiger charge is 2.28. The zero-order valence-electron chi connectivity index (χ0n) is 10.9. The SMILES string of the molecule is CC1CCCN(C(=O)N2CCCC(CN)C2)C1. The molecule has 0 radical (unpaired) electrons. The van der Waals surface area contributed by atoms with Gasteiger partial charge >= 0.3 is 6.03 Å². The summed E-state index contributed by atoms with van der Waals surface area (Å²) in [5.41, 5.74) is 5.71. The Bertz CT molecular complexity index is 269. The molecule has 2 atom stereocenters. The first-order valence-corrected chi connectivity index (χ1v) is 6.94. The van der Waals surface area contributed by atoms with E-state index in [-0.39, 0.29) is 6.03 Å². The van der Waals surface area contributed by atoms with E-state index in [9.17, 15) is 4.79 Å². The first-order valence-electron chi connectivity index (χ1n) is 6.94. The quantitative estimate of drug-likeness (QED) is 0.754. The van der Waals surface area contributed by atoms with Gasteiger partial charge in [0.05, 0.1) is 0 Å². The Labute approximate surface area is 104 Å². The van der Waals surface area contributed by atoms with Crippen LogP contribution in [0.2, 0.25) is 0 Å². The van der Waals surface area contributed by atoms with E-state index in [1.54, 1.807) is 0 Å². The normalized spacial score (nSPS) is 30.5. The molecule has 0 spiro atoms. The summed E-state index contributed by atoms with van der Waals surface area (Å²) in [5, 5.41) is 0. The molecule has 2 N–H and O–H groups in total. The van der Waals surface area contributed by atoms with Crippen molar-refractivity contribution in [3.05, 3.63) is 0 Å². The summed E-state index contributed by atoms with van der Waals surface area (Å²) in [5.74, 6) is 1.16. The van der Waals surface area contributed by atoms with Crippen LogP contribution in [0.15, 0.2) is 0 Å². The molecule has 0 aromatic carbocycles. The van der Waals surface area contributed by atoms with Crippen molar-refractivity contribution in [2.75, 3.05) is 32.7 Å². The molecule has 98 valence electrons. The maximum absolute atomic E-state index is 12.4. The second kappa shape index (κ2) is 5.71. The van der Waals surface area contributed by atoms with Gasteiger partial charge in [0.25, 0.3) is 0 Å². The second-order valence-electron chi connectivity index (χ2n) is 5.67. The van der Waals surface area contributed by atoms with E-state index in [0.29, 0.717) is 18.4 Å². The number of rotatable bonds is 1. The number of likely N-dealkylation sites (tertiary alicyclic amines) is 2. The molecule has 0 aromatic heterocycles. The average molecular weight is 239 g/mol. The van der Waals surface area contributed by atoms with Gasteiger partial charge in [-0.2, -0.15) is 0 Å². The Balaban J connectivity index is 1.89. The van der Waals surface area contributed by atoms with E-state index in [1.165, 1.54) is 12.8 Å². The number of carbonyl (C=O) groups excluding carboxylic acids is 1. The summed E-state index contributed by atoms with van der Waals surface area (Å²) < 4.78 is 0. The van der Waals surface area contributed by atoms with Crippen molar-refractivity contribution in [3.8, 4) is 0 Å². The van der Waals surface area contributed by atoms with Crippen molar-refractivity contribution in [3.63, 3.8) is 0 Å². The highest BCUT2D eigenvalue weighted by molar-refractivity contribution is 5.74. The topological polar surface area (TPSA) is 49.6 Å². The van der Waals surface area contributed by atoms with Crippen LogP contribution in [0.25, 0.3) is 0 Å². The average Bonchev–Trinajstić information content (AvgIpc) is 2.38. The second-order valence-corrected chi connectivity index (χ2v) is 5.67. The van der Waals surface area contributed by atoms with Crippen molar-refractivity contribution < 1.29 is 4.79 Å². The molecule has 4 heteroatoms. The number of piperidine rings is 2. The Morgan fingerprint density at radius 3 is 2.47 bits per heavy atom. The monoisotopic (exact) mass is 239 g/mol. The van der Waals surface area contributed by atoms with Gasteiger partial charge in [-0.25, -0.2) is 4.79 Å². The molecular formula is C13H25N3O. The number of nitrogens with zero attached hydrogens (tertiary/aromatic N) is 2. The van der Waals surface area contributed by atoms with Crippen LogP contribution >= 0.6 is 0 Å². The summed E-state index contributed by atoms with van der Waals surface area (Å²) in [6, 6.07) is 0.245. The van der Waals surface area contributed by atoms with Gasteiger partial charge in [0.1, 0.15) is 0 Å². The standard InChI is InChI=1S/C13H25N3O/c1-11-4-2-6-15(9-11)13(17)16-7-3-5-12(8-14)10-16/h11-12H,2-10,14H2,1H3. The van der Waals surface area contributed by atoms with Crippen LogP contribution in [0.5, 0.6) is 0 Å². The molecule has 2 rings (SSSR count). The predicted octanol–water partition coefficient (Wildman–Crippen LogP) is 1.51. The summed E-state index contributed by atoms with van der Waals surface area (Å²) in [7, 11) is 0. The molecule has 2 unspecified atom stereocenters. The van der Waals surface area contributed by atoms with E-state index in [2.05, 4.69) is 6.92 Å². The van der Waals surface area contributed by atoms with Crippen LogP contribution in [0.4, 0.5) is 4.79 Å². The molecule has 2 aliphatic rings. The fourth-order valence-electron chi connectivity index (χ4n) is 2.99. The lowest BCUT2D eigenvalue weighted by atomic mass is 9.98. The van der Waals surface area contributed by atoms with Crippen molar-refractivity contribution in [1.29, 1.82) is 0 Å². The number of amides is 2. The van der Waals surface area contributed by atoms with Crippen LogP contribution in [-0.2, 0) is 0 Å². The van der Waals surface area contributed by atoms with E-state index in [4.69, 9.17) is 5.73 Å². The van der Waals surface area contributed by atoms with Gasteiger partial charge in [0.2, 0.25) is 0 Å². The minimum absolute atomic E-state index is 0.245. The van der Waals surface area contributed by atoms with Gasteiger partial charge in [0.15, 0.2) is 0 Å². The fraction of sp³-hybridized carbons (Fsp3) is 0.923. The molecule has 2 aliphatic heterocycles. The van der Waals surface area contributed by atoms with E-state index < -0.39 is 0 Å². The molecule has 2 fully saturated rings. The number of hydrogen-bond acceptors (Lipinski definition) is 2. The van der Waals surface area contributed by atoms with Crippen molar-refractivity contribution in [1.82, 2.24) is 9.80 Å². The Kier molecular flexibility index (Phi) is 4.26. The predicted molar refractivity (Wildman–Crippen MR) is 68.7 cm³/mol. The largest absolute Gasteiger partial charge is 0.330 e. The lowest BCUT2D eigenvalue weighted by molar-refractivity contribution is 0.113. The maximum Gasteiger partial charge on any atom is 0.320 e. The van der Waals surface area contributed by atoms with Gasteiger partial charge in [0, 0.05) is 26.2 Å². The van der Waals surface area contributed by atoms with Gasteiger partial charge in [-0.3, -0.25) is 0 Å². The summed E-state index contributed by atoms with van der Waals surface area (Å²) in [6.45, 7) is 6.59. The third-order valence-corrected chi connectivity index (χ3v) is 4.05. The third-order valence-electron chi connectivity index (χ3n) is 4.05. The molecule has 2 saturated heterocycles. The lowest BCUT2D eigenvalue weighted by Crippen LogP contribution is -2.51. The van der Waals surface area contributed by atoms with E-state index in [1.807, 2.05) is 9.80 Å². The van der Waals surface area contributed by atoms with Crippen LogP contribution in [-0.4, -0.2) is 48.6 Å². The maximum atomic E-state index is 12.4. The lowest BCUT2D eigenvalue weighted by Gasteiger charge is -2.38. The van der Waals surface area contributed by atoms with E-state index in [0.717, 1.165) is 39.0 Å². The zero-order chi connectivity index (χ0) is 12.3. The zero-order valence-corrected chi connectivity index (χ0v) is 10.9. The third kappa shape index (κ3) is 3.12. The summed E-state index contributed by atoms with van der Waals surface area (Å²) in [4.78, 5) is 16.4. The van der Waals surface area contributed by atoms with Crippen LogP contribution in [0.3, 0.4) is 0 Å². The van der Waals surface area contributed by atoms with Crippen molar-refractivity contribution in [2.45, 2.75) is 32.6 Å². The smallest absolute Gasteiger partial charge is 0.320 e. The first kappa shape index (κ1) is 12.7. The number of nitrogens with two attached hydrogens (primary N) is 1. The summed E-state index contributed by atoms with van der Waals surface area (Å²) in [6.07, 6.45) is 4.70. The minimum Gasteiger partial charge on any atom is -0.330 e. The molecule has 0 saturated carbocycles. The van der Waals surface area contributed by atoms with Crippen LogP contribution in [0.1, 0.15) is 32.6 Å². The molecule has 0 aliphatic carbocycles. The van der Waals surface area contributed by atoms with Crippen molar-refractivity contribution in [2.24, 2.45) is 17.6 Å². The highest BCUT2D eigenvalue weighted by atomic mass is 16.2. The van der Waals surface area contributed by atoms with Crippen molar-refractivity contribution >= 4 is 6.03 Å². The number of carbonyl (C=O) groups is 1. The molecule has 2 amide bonds. The number of hydrogen-bond donors (Lipinski definition) is 1. The fourth-order valence-corrected chi connectivity index (χ4v) is 2.99. The Morgan fingerprint density at radius 2 is 1.82 bits per heavy atom. The first-order chi connectivity index (χ1) is 8.20. The Hall–Kier alpha value is -0.770. The molecular weight excluding hydrogens is 214 g/mol. The summed E-state index contributed by atoms with van der Waals surface area (Å²) >= 11 is 0. The van der Waals surface area contributed by atoms with Gasteiger partial charge in [-0.15, -0.1) is 0 Å². The van der Waals surface area contributed by atoms with E-state index >= 15 is 0 Å². The molecule has 17 heavy (non-hydrogen) atoms. The van der Waals surface area contributed by atoms with Crippen LogP contribution in [0, 0.1) is 11.8 Å². The minimum atomic E-state index is 0.245. The molecule has 0 aromatic rings. The highest BCUT2D eigenvalue weighted by Crippen LogP contribution is 2.20. The van der Waals surface area contributed by atoms with Gasteiger partial charge in [-0.05, 0) is 44.1 Å².